The molecule has 1 aliphatic rings. The minimum atomic E-state index is -0.0578. The van der Waals surface area contributed by atoms with E-state index in [1.807, 2.05) is 0 Å². The lowest BCUT2D eigenvalue weighted by molar-refractivity contribution is 0.138. The first-order chi connectivity index (χ1) is 8.50. The van der Waals surface area contributed by atoms with E-state index in [4.69, 9.17) is 9.47 Å². The van der Waals surface area contributed by atoms with Gasteiger partial charge in [-0.3, -0.25) is 0 Å². The molecule has 2 rings (SSSR count). The Hall–Kier alpha value is -1.06. The fourth-order valence-corrected chi connectivity index (χ4v) is 2.37. The lowest BCUT2D eigenvalue weighted by Crippen LogP contribution is -2.29. The summed E-state index contributed by atoms with van der Waals surface area (Å²) in [4.78, 5) is 0. The number of hydrogen-bond acceptors (Lipinski definition) is 3. The molecular weight excluding hydrogens is 226 g/mol. The minimum Gasteiger partial charge on any atom is -0.487 e. The van der Waals surface area contributed by atoms with Crippen molar-refractivity contribution in [1.82, 2.24) is 5.32 Å². The Morgan fingerprint density at radius 2 is 2.22 bits per heavy atom. The molecule has 0 aliphatic carbocycles. The molecule has 0 fully saturated rings. The first-order valence-corrected chi connectivity index (χ1v) is 6.53. The summed E-state index contributed by atoms with van der Waals surface area (Å²) in [6, 6.07) is 6.83. The molecule has 0 amide bonds. The smallest absolute Gasteiger partial charge is 0.123 e. The highest BCUT2D eigenvalue weighted by atomic mass is 16.5. The molecule has 1 aliphatic heterocycles. The lowest BCUT2D eigenvalue weighted by atomic mass is 10.0. The summed E-state index contributed by atoms with van der Waals surface area (Å²) in [5, 5.41) is 3.45. The average molecular weight is 249 g/mol. The maximum atomic E-state index is 5.87. The van der Waals surface area contributed by atoms with Crippen molar-refractivity contribution in [2.75, 3.05) is 13.7 Å². The van der Waals surface area contributed by atoms with Crippen LogP contribution in [0.2, 0.25) is 0 Å². The zero-order valence-corrected chi connectivity index (χ0v) is 11.7. The van der Waals surface area contributed by atoms with E-state index in [-0.39, 0.29) is 5.60 Å². The molecule has 1 unspecified atom stereocenters. The molecule has 100 valence electrons. The van der Waals surface area contributed by atoms with Crippen LogP contribution >= 0.6 is 0 Å². The van der Waals surface area contributed by atoms with Crippen molar-refractivity contribution in [1.29, 1.82) is 0 Å². The molecule has 1 aromatic carbocycles. The first-order valence-electron chi connectivity index (χ1n) is 6.53. The number of ether oxygens (including phenoxy) is 2. The van der Waals surface area contributed by atoms with Gasteiger partial charge in [-0.05, 0) is 38.0 Å². The first kappa shape index (κ1) is 13.4. The molecular formula is C15H23NO2. The third-order valence-corrected chi connectivity index (χ3v) is 3.20. The van der Waals surface area contributed by atoms with Gasteiger partial charge in [0.2, 0.25) is 0 Å². The number of benzene rings is 1. The summed E-state index contributed by atoms with van der Waals surface area (Å²) < 4.78 is 11.0. The molecule has 1 atom stereocenters. The molecule has 18 heavy (non-hydrogen) atoms. The van der Waals surface area contributed by atoms with E-state index in [1.165, 1.54) is 11.1 Å². The summed E-state index contributed by atoms with van der Waals surface area (Å²) in [6.07, 6.45) is 0.990. The van der Waals surface area contributed by atoms with Crippen LogP contribution in [0.5, 0.6) is 5.75 Å². The van der Waals surface area contributed by atoms with Crippen LogP contribution in [0.25, 0.3) is 0 Å². The van der Waals surface area contributed by atoms with Crippen LogP contribution in [0.4, 0.5) is 0 Å². The molecule has 0 spiro atoms. The Kier molecular flexibility index (Phi) is 3.93. The highest BCUT2D eigenvalue weighted by molar-refractivity contribution is 5.41. The van der Waals surface area contributed by atoms with Crippen molar-refractivity contribution in [2.24, 2.45) is 0 Å². The normalized spacial score (nSPS) is 18.2. The Morgan fingerprint density at radius 3 is 2.94 bits per heavy atom. The fraction of sp³-hybridized carbons (Fsp3) is 0.600. The summed E-state index contributed by atoms with van der Waals surface area (Å²) in [5.74, 6) is 1.04. The standard InChI is InChI=1S/C15H23NO2/c1-11(10-17-4)16-9-12-5-6-14-13(7-12)8-15(2,3)18-14/h5-7,11,16H,8-10H2,1-4H3. The second-order valence-corrected chi connectivity index (χ2v) is 5.72. The van der Waals surface area contributed by atoms with Gasteiger partial charge in [0.15, 0.2) is 0 Å². The molecule has 0 bridgehead atoms. The largest absolute Gasteiger partial charge is 0.487 e. The zero-order valence-electron chi connectivity index (χ0n) is 11.7. The molecule has 0 saturated carbocycles. The Labute approximate surface area is 109 Å². The van der Waals surface area contributed by atoms with Gasteiger partial charge in [0.1, 0.15) is 11.4 Å². The number of rotatable bonds is 5. The van der Waals surface area contributed by atoms with Crippen LogP contribution in [-0.4, -0.2) is 25.4 Å². The number of methoxy groups -OCH3 is 1. The predicted octanol–water partition coefficient (Wildman–Crippen LogP) is 2.52. The van der Waals surface area contributed by atoms with Crippen LogP contribution in [0, 0.1) is 0 Å². The van der Waals surface area contributed by atoms with Crippen LogP contribution < -0.4 is 10.1 Å². The van der Waals surface area contributed by atoms with Gasteiger partial charge >= 0.3 is 0 Å². The van der Waals surface area contributed by atoms with Gasteiger partial charge < -0.3 is 14.8 Å². The molecule has 1 heterocycles. The second-order valence-electron chi connectivity index (χ2n) is 5.72. The number of fused-ring (bicyclic) bond motifs is 1. The number of nitrogens with one attached hydrogen (secondary N) is 1. The lowest BCUT2D eigenvalue weighted by Gasteiger charge is -2.16. The van der Waals surface area contributed by atoms with Gasteiger partial charge in [0.25, 0.3) is 0 Å². The molecule has 3 heteroatoms. The molecule has 1 aromatic rings. The predicted molar refractivity (Wildman–Crippen MR) is 73.0 cm³/mol. The van der Waals surface area contributed by atoms with Gasteiger partial charge in [0.05, 0.1) is 6.61 Å². The fourth-order valence-electron chi connectivity index (χ4n) is 2.37. The van der Waals surface area contributed by atoms with Gasteiger partial charge in [0, 0.05) is 26.1 Å². The molecule has 3 nitrogen and oxygen atoms in total. The van der Waals surface area contributed by atoms with Crippen LogP contribution in [0.3, 0.4) is 0 Å². The van der Waals surface area contributed by atoms with Crippen molar-refractivity contribution in [2.45, 2.75) is 45.4 Å². The van der Waals surface area contributed by atoms with Crippen molar-refractivity contribution < 1.29 is 9.47 Å². The van der Waals surface area contributed by atoms with Crippen LogP contribution in [-0.2, 0) is 17.7 Å². The molecule has 1 N–H and O–H groups in total. The molecule has 0 aromatic heterocycles. The molecule has 0 radical (unpaired) electrons. The Bertz CT molecular complexity index is 415. The van der Waals surface area contributed by atoms with Gasteiger partial charge in [-0.1, -0.05) is 12.1 Å². The Balaban J connectivity index is 1.97. The monoisotopic (exact) mass is 249 g/mol. The quantitative estimate of drug-likeness (QED) is 0.870. The zero-order chi connectivity index (χ0) is 13.2. The van der Waals surface area contributed by atoms with Crippen molar-refractivity contribution in [3.63, 3.8) is 0 Å². The van der Waals surface area contributed by atoms with Gasteiger partial charge in [-0.25, -0.2) is 0 Å². The highest BCUT2D eigenvalue weighted by Crippen LogP contribution is 2.35. The topological polar surface area (TPSA) is 30.5 Å². The molecule has 0 saturated heterocycles. The average Bonchev–Trinajstić information content (AvgIpc) is 2.59. The van der Waals surface area contributed by atoms with Crippen LogP contribution in [0.1, 0.15) is 31.9 Å². The van der Waals surface area contributed by atoms with E-state index in [1.54, 1.807) is 7.11 Å². The van der Waals surface area contributed by atoms with Crippen molar-refractivity contribution >= 4 is 0 Å². The van der Waals surface area contributed by atoms with E-state index in [9.17, 15) is 0 Å². The van der Waals surface area contributed by atoms with E-state index < -0.39 is 0 Å². The van der Waals surface area contributed by atoms with Gasteiger partial charge in [-0.2, -0.15) is 0 Å². The van der Waals surface area contributed by atoms with E-state index in [0.29, 0.717) is 6.04 Å². The highest BCUT2D eigenvalue weighted by Gasteiger charge is 2.29. The third kappa shape index (κ3) is 3.24. The summed E-state index contributed by atoms with van der Waals surface area (Å²) in [6.45, 7) is 8.00. The maximum Gasteiger partial charge on any atom is 0.123 e. The third-order valence-electron chi connectivity index (χ3n) is 3.20. The maximum absolute atomic E-state index is 5.87. The number of hydrogen-bond donors (Lipinski definition) is 1. The minimum absolute atomic E-state index is 0.0578. The second kappa shape index (κ2) is 5.29. The van der Waals surface area contributed by atoms with Gasteiger partial charge in [-0.15, -0.1) is 0 Å². The van der Waals surface area contributed by atoms with E-state index >= 15 is 0 Å². The summed E-state index contributed by atoms with van der Waals surface area (Å²) in [5.41, 5.74) is 2.56. The SMILES string of the molecule is COCC(C)NCc1ccc2c(c1)CC(C)(C)O2. The summed E-state index contributed by atoms with van der Waals surface area (Å²) >= 11 is 0. The summed E-state index contributed by atoms with van der Waals surface area (Å²) in [7, 11) is 1.73. The van der Waals surface area contributed by atoms with Crippen molar-refractivity contribution in [3.8, 4) is 5.75 Å². The van der Waals surface area contributed by atoms with E-state index in [2.05, 4.69) is 44.3 Å². The Morgan fingerprint density at radius 1 is 1.44 bits per heavy atom. The van der Waals surface area contributed by atoms with E-state index in [0.717, 1.165) is 25.3 Å². The van der Waals surface area contributed by atoms with Crippen molar-refractivity contribution in [3.05, 3.63) is 29.3 Å². The van der Waals surface area contributed by atoms with Crippen LogP contribution in [0.15, 0.2) is 18.2 Å².